The standard InChI is InChI=1S/C14H24N6/c1-4-11(5-2)9-19(6-3)14-13-16-7-8-20(13)10-12(17-14)18-15/h7-8,10-11,18H,4-6,9,15H2,1-3H3. The summed E-state index contributed by atoms with van der Waals surface area (Å²) in [7, 11) is 0. The third-order valence-corrected chi connectivity index (χ3v) is 3.82. The number of hydrogen-bond donors (Lipinski definition) is 2. The molecule has 110 valence electrons. The number of fused-ring (bicyclic) bond motifs is 1. The van der Waals surface area contributed by atoms with Crippen molar-refractivity contribution in [3.63, 3.8) is 0 Å². The van der Waals surface area contributed by atoms with Gasteiger partial charge < -0.3 is 14.7 Å². The molecule has 2 aromatic rings. The first kappa shape index (κ1) is 14.6. The zero-order chi connectivity index (χ0) is 14.5. The number of nitrogens with zero attached hydrogens (tertiary/aromatic N) is 4. The van der Waals surface area contributed by atoms with Crippen molar-refractivity contribution < 1.29 is 0 Å². The fourth-order valence-electron chi connectivity index (χ4n) is 2.42. The molecule has 2 aromatic heterocycles. The highest BCUT2D eigenvalue weighted by Gasteiger charge is 2.16. The van der Waals surface area contributed by atoms with Gasteiger partial charge in [0.2, 0.25) is 0 Å². The van der Waals surface area contributed by atoms with Crippen LogP contribution < -0.4 is 16.2 Å². The summed E-state index contributed by atoms with van der Waals surface area (Å²) in [5.41, 5.74) is 3.50. The first-order valence-electron chi connectivity index (χ1n) is 7.28. The van der Waals surface area contributed by atoms with Crippen LogP contribution in [0.25, 0.3) is 5.65 Å². The predicted molar refractivity (Wildman–Crippen MR) is 82.8 cm³/mol. The quantitative estimate of drug-likeness (QED) is 0.599. The van der Waals surface area contributed by atoms with Crippen LogP contribution in [0.1, 0.15) is 33.6 Å². The maximum atomic E-state index is 5.51. The molecule has 0 spiro atoms. The molecule has 0 saturated carbocycles. The number of anilines is 2. The van der Waals surface area contributed by atoms with E-state index in [4.69, 9.17) is 5.84 Å². The van der Waals surface area contributed by atoms with Gasteiger partial charge in [-0.25, -0.2) is 15.8 Å². The highest BCUT2D eigenvalue weighted by Crippen LogP contribution is 2.22. The van der Waals surface area contributed by atoms with Crippen molar-refractivity contribution >= 4 is 17.3 Å². The molecule has 0 aromatic carbocycles. The molecule has 0 bridgehead atoms. The summed E-state index contributed by atoms with van der Waals surface area (Å²) < 4.78 is 1.95. The van der Waals surface area contributed by atoms with Crippen LogP contribution in [0.2, 0.25) is 0 Å². The van der Waals surface area contributed by atoms with E-state index in [1.807, 2.05) is 16.8 Å². The number of nitrogens with two attached hydrogens (primary N) is 1. The Morgan fingerprint density at radius 1 is 1.35 bits per heavy atom. The number of hydrogen-bond acceptors (Lipinski definition) is 5. The zero-order valence-corrected chi connectivity index (χ0v) is 12.5. The fourth-order valence-corrected chi connectivity index (χ4v) is 2.42. The summed E-state index contributed by atoms with van der Waals surface area (Å²) >= 11 is 0. The molecular weight excluding hydrogens is 252 g/mol. The molecule has 0 aliphatic rings. The monoisotopic (exact) mass is 276 g/mol. The van der Waals surface area contributed by atoms with Crippen LogP contribution in [-0.4, -0.2) is 27.5 Å². The van der Waals surface area contributed by atoms with Gasteiger partial charge in [0.15, 0.2) is 17.3 Å². The summed E-state index contributed by atoms with van der Waals surface area (Å²) in [6.45, 7) is 8.51. The van der Waals surface area contributed by atoms with E-state index in [9.17, 15) is 0 Å². The lowest BCUT2D eigenvalue weighted by Gasteiger charge is -2.27. The van der Waals surface area contributed by atoms with Crippen molar-refractivity contribution in [3.05, 3.63) is 18.6 Å². The van der Waals surface area contributed by atoms with E-state index in [1.165, 1.54) is 12.8 Å². The third kappa shape index (κ3) is 2.85. The lowest BCUT2D eigenvalue weighted by atomic mass is 10.0. The Labute approximate surface area is 120 Å². The number of imidazole rings is 1. The van der Waals surface area contributed by atoms with Crippen molar-refractivity contribution in [2.45, 2.75) is 33.6 Å². The molecular formula is C14H24N6. The van der Waals surface area contributed by atoms with Crippen LogP contribution in [0.4, 0.5) is 11.6 Å². The summed E-state index contributed by atoms with van der Waals surface area (Å²) in [5, 5.41) is 0. The van der Waals surface area contributed by atoms with Crippen LogP contribution in [0.5, 0.6) is 0 Å². The van der Waals surface area contributed by atoms with Gasteiger partial charge in [0.1, 0.15) is 0 Å². The Bertz CT molecular complexity index is 546. The maximum Gasteiger partial charge on any atom is 0.180 e. The second-order valence-corrected chi connectivity index (χ2v) is 4.97. The molecule has 20 heavy (non-hydrogen) atoms. The summed E-state index contributed by atoms with van der Waals surface area (Å²) in [4.78, 5) is 11.3. The highest BCUT2D eigenvalue weighted by atomic mass is 15.3. The molecule has 0 aliphatic carbocycles. The molecule has 0 atom stereocenters. The van der Waals surface area contributed by atoms with E-state index >= 15 is 0 Å². The predicted octanol–water partition coefficient (Wildman–Crippen LogP) is 2.28. The molecule has 6 nitrogen and oxygen atoms in total. The van der Waals surface area contributed by atoms with E-state index in [2.05, 4.69) is 41.1 Å². The molecule has 0 radical (unpaired) electrons. The van der Waals surface area contributed by atoms with Gasteiger partial charge in [0, 0.05) is 25.5 Å². The SMILES string of the molecule is CCC(CC)CN(CC)c1nc(NN)cn2ccnc12. The molecule has 0 aliphatic heterocycles. The van der Waals surface area contributed by atoms with Crippen molar-refractivity contribution in [2.75, 3.05) is 23.4 Å². The molecule has 2 rings (SSSR count). The smallest absolute Gasteiger partial charge is 0.180 e. The minimum Gasteiger partial charge on any atom is -0.353 e. The molecule has 3 N–H and O–H groups in total. The number of nitrogens with one attached hydrogen (secondary N) is 1. The van der Waals surface area contributed by atoms with E-state index in [1.54, 1.807) is 6.20 Å². The van der Waals surface area contributed by atoms with Crippen molar-refractivity contribution in [1.82, 2.24) is 14.4 Å². The summed E-state index contributed by atoms with van der Waals surface area (Å²) in [5.74, 6) is 7.71. The van der Waals surface area contributed by atoms with Gasteiger partial charge in [-0.3, -0.25) is 0 Å². The molecule has 0 unspecified atom stereocenters. The molecule has 0 amide bonds. The van der Waals surface area contributed by atoms with Crippen LogP contribution in [-0.2, 0) is 0 Å². The Kier molecular flexibility index (Phi) is 4.79. The van der Waals surface area contributed by atoms with E-state index < -0.39 is 0 Å². The van der Waals surface area contributed by atoms with E-state index in [0.717, 1.165) is 24.6 Å². The van der Waals surface area contributed by atoms with Gasteiger partial charge in [-0.1, -0.05) is 26.7 Å². The molecule has 0 fully saturated rings. The normalized spacial score (nSPS) is 11.2. The zero-order valence-electron chi connectivity index (χ0n) is 12.5. The lowest BCUT2D eigenvalue weighted by molar-refractivity contribution is 0.484. The van der Waals surface area contributed by atoms with E-state index in [-0.39, 0.29) is 0 Å². The third-order valence-electron chi connectivity index (χ3n) is 3.82. The van der Waals surface area contributed by atoms with Gasteiger partial charge in [0.25, 0.3) is 0 Å². The molecule has 6 heteroatoms. The number of nitrogen functional groups attached to an aromatic ring is 1. The minimum absolute atomic E-state index is 0.647. The van der Waals surface area contributed by atoms with Gasteiger partial charge >= 0.3 is 0 Å². The topological polar surface area (TPSA) is 71.5 Å². The molecule has 2 heterocycles. The van der Waals surface area contributed by atoms with Gasteiger partial charge in [-0.2, -0.15) is 0 Å². The molecule has 0 saturated heterocycles. The Morgan fingerprint density at radius 2 is 2.10 bits per heavy atom. The second kappa shape index (κ2) is 6.56. The Balaban J connectivity index is 2.39. The number of hydrazine groups is 1. The van der Waals surface area contributed by atoms with Crippen LogP contribution in [0.15, 0.2) is 18.6 Å². The van der Waals surface area contributed by atoms with Gasteiger partial charge in [-0.15, -0.1) is 0 Å². The first-order chi connectivity index (χ1) is 9.73. The van der Waals surface area contributed by atoms with Crippen molar-refractivity contribution in [1.29, 1.82) is 0 Å². The van der Waals surface area contributed by atoms with Gasteiger partial charge in [0.05, 0.1) is 6.20 Å². The van der Waals surface area contributed by atoms with Crippen molar-refractivity contribution in [3.8, 4) is 0 Å². The fraction of sp³-hybridized carbons (Fsp3) is 0.571. The Hall–Kier alpha value is -1.82. The van der Waals surface area contributed by atoms with Crippen LogP contribution in [0, 0.1) is 5.92 Å². The summed E-state index contributed by atoms with van der Waals surface area (Å²) in [6.07, 6.45) is 7.88. The first-order valence-corrected chi connectivity index (χ1v) is 7.28. The maximum absolute atomic E-state index is 5.51. The second-order valence-electron chi connectivity index (χ2n) is 4.97. The average molecular weight is 276 g/mol. The Morgan fingerprint density at radius 3 is 2.70 bits per heavy atom. The number of aromatic nitrogens is 3. The average Bonchev–Trinajstić information content (AvgIpc) is 2.96. The van der Waals surface area contributed by atoms with Gasteiger partial charge in [-0.05, 0) is 12.8 Å². The van der Waals surface area contributed by atoms with Crippen LogP contribution in [0.3, 0.4) is 0 Å². The van der Waals surface area contributed by atoms with E-state index in [0.29, 0.717) is 11.7 Å². The largest absolute Gasteiger partial charge is 0.353 e. The highest BCUT2D eigenvalue weighted by molar-refractivity contribution is 5.66. The van der Waals surface area contributed by atoms with Crippen molar-refractivity contribution in [2.24, 2.45) is 11.8 Å². The number of rotatable bonds is 7. The minimum atomic E-state index is 0.647. The van der Waals surface area contributed by atoms with Crippen LogP contribution >= 0.6 is 0 Å². The lowest BCUT2D eigenvalue weighted by Crippen LogP contribution is -2.30. The summed E-state index contributed by atoms with van der Waals surface area (Å²) in [6, 6.07) is 0.